The first kappa shape index (κ1) is 35.2. The predicted octanol–water partition coefficient (Wildman–Crippen LogP) is 4.46. The second kappa shape index (κ2) is 13.9. The molecule has 0 atom stereocenters. The molecular formula is C34H30N8O8S2. The summed E-state index contributed by atoms with van der Waals surface area (Å²) in [6, 6.07) is 22.7. The number of hydrogen-bond acceptors (Lipinski definition) is 14. The van der Waals surface area contributed by atoms with Gasteiger partial charge in [0.1, 0.15) is 0 Å². The van der Waals surface area contributed by atoms with Crippen LogP contribution in [0.1, 0.15) is 0 Å². The number of nitrogen functional groups attached to an aromatic ring is 2. The molecular weight excluding hydrogens is 713 g/mol. The average molecular weight is 743 g/mol. The van der Waals surface area contributed by atoms with Crippen molar-refractivity contribution in [3.05, 3.63) is 97.1 Å². The van der Waals surface area contributed by atoms with Gasteiger partial charge in [-0.2, -0.15) is 0 Å². The number of benzene rings is 4. The zero-order valence-corrected chi connectivity index (χ0v) is 29.0. The Labute approximate surface area is 297 Å². The number of hydrogen-bond donors (Lipinski definition) is 6. The highest BCUT2D eigenvalue weighted by molar-refractivity contribution is 7.93. The van der Waals surface area contributed by atoms with Gasteiger partial charge in [0.05, 0.1) is 46.8 Å². The third-order valence-electron chi connectivity index (χ3n) is 7.50. The van der Waals surface area contributed by atoms with Crippen LogP contribution in [0.5, 0.6) is 23.0 Å². The van der Waals surface area contributed by atoms with Gasteiger partial charge in [0.15, 0.2) is 23.0 Å². The van der Waals surface area contributed by atoms with Gasteiger partial charge in [-0.3, -0.25) is 0 Å². The summed E-state index contributed by atoms with van der Waals surface area (Å²) >= 11 is 0. The van der Waals surface area contributed by atoms with Crippen molar-refractivity contribution in [1.82, 2.24) is 19.9 Å². The van der Waals surface area contributed by atoms with Crippen LogP contribution in [-0.2, 0) is 20.0 Å². The monoisotopic (exact) mass is 742 g/mol. The van der Waals surface area contributed by atoms with Gasteiger partial charge < -0.3 is 31.2 Å². The molecule has 6 aromatic rings. The van der Waals surface area contributed by atoms with Gasteiger partial charge in [-0.05, 0) is 97.1 Å². The number of nitrogens with zero attached hydrogens (tertiary/aromatic N) is 4. The summed E-state index contributed by atoms with van der Waals surface area (Å²) in [7, 11) is -5.75. The number of nitrogens with one attached hydrogen (secondary N) is 2. The smallest absolute Gasteiger partial charge is 0.264 e. The lowest BCUT2D eigenvalue weighted by molar-refractivity contribution is 0.373. The lowest BCUT2D eigenvalue weighted by atomic mass is 10.1. The van der Waals surface area contributed by atoms with Gasteiger partial charge in [-0.15, -0.1) is 0 Å². The van der Waals surface area contributed by atoms with E-state index >= 15 is 0 Å². The lowest BCUT2D eigenvalue weighted by Crippen LogP contribution is -2.16. The van der Waals surface area contributed by atoms with E-state index in [1.165, 1.54) is 111 Å². The number of aromatic hydroxyl groups is 2. The van der Waals surface area contributed by atoms with E-state index in [-0.39, 0.29) is 67.5 Å². The number of anilines is 4. The van der Waals surface area contributed by atoms with E-state index in [1.54, 1.807) is 0 Å². The van der Waals surface area contributed by atoms with Crippen LogP contribution in [0.25, 0.3) is 33.9 Å². The summed E-state index contributed by atoms with van der Waals surface area (Å²) in [5.74, 6) is -0.794. The zero-order valence-electron chi connectivity index (χ0n) is 27.3. The molecule has 52 heavy (non-hydrogen) atoms. The number of phenolic OH excluding ortho intramolecular Hbond substituents is 2. The normalized spacial score (nSPS) is 11.5. The fraction of sp³-hybridized carbons (Fsp3) is 0.0588. The summed E-state index contributed by atoms with van der Waals surface area (Å²) in [6.07, 6.45) is 0. The third kappa shape index (κ3) is 7.57. The van der Waals surface area contributed by atoms with E-state index in [2.05, 4.69) is 29.4 Å². The Balaban J connectivity index is 1.54. The van der Waals surface area contributed by atoms with Crippen LogP contribution in [-0.4, -0.2) is 61.2 Å². The molecule has 0 radical (unpaired) electrons. The molecule has 0 aliphatic rings. The number of ether oxygens (including phenoxy) is 2. The van der Waals surface area contributed by atoms with Crippen molar-refractivity contribution in [2.24, 2.45) is 0 Å². The standard InChI is InChI=1S/C34H30N8O8S2/c1-49-31-15-19(3-13-29(31)43)25-17-27(39-33(37-25)41-51(45,46)23-9-5-21(35)6-10-23)28-18-26(20-4-14-30(44)32(16-20)50-2)38-34(40-28)42-52(47,48)24-11-7-22(36)8-12-24/h3-18,43-44H,35-36H2,1-2H3,(H,37,39,41)(H,38,40,42). The second-order valence-electron chi connectivity index (χ2n) is 11.0. The molecule has 0 aliphatic carbocycles. The molecule has 18 heteroatoms. The molecule has 0 aliphatic heterocycles. The van der Waals surface area contributed by atoms with Crippen LogP contribution in [0.4, 0.5) is 23.3 Å². The zero-order chi connectivity index (χ0) is 37.2. The fourth-order valence-electron chi connectivity index (χ4n) is 4.87. The van der Waals surface area contributed by atoms with Crippen LogP contribution >= 0.6 is 0 Å². The summed E-state index contributed by atoms with van der Waals surface area (Å²) < 4.78 is 69.0. The van der Waals surface area contributed by atoms with Crippen molar-refractivity contribution in [1.29, 1.82) is 0 Å². The topological polar surface area (TPSA) is 255 Å². The highest BCUT2D eigenvalue weighted by atomic mass is 32.2. The Morgan fingerprint density at radius 3 is 1.21 bits per heavy atom. The first-order valence-corrected chi connectivity index (χ1v) is 18.0. The molecule has 8 N–H and O–H groups in total. The third-order valence-corrected chi connectivity index (χ3v) is 10.2. The molecule has 0 fully saturated rings. The van der Waals surface area contributed by atoms with Crippen molar-refractivity contribution < 1.29 is 36.5 Å². The van der Waals surface area contributed by atoms with Crippen molar-refractivity contribution in [3.63, 3.8) is 0 Å². The van der Waals surface area contributed by atoms with Gasteiger partial charge in [-0.25, -0.2) is 46.2 Å². The molecule has 16 nitrogen and oxygen atoms in total. The van der Waals surface area contributed by atoms with Gasteiger partial charge in [0.2, 0.25) is 11.9 Å². The van der Waals surface area contributed by atoms with Crippen LogP contribution in [0.15, 0.2) is 107 Å². The molecule has 2 heterocycles. The van der Waals surface area contributed by atoms with Gasteiger partial charge >= 0.3 is 0 Å². The Kier molecular flexibility index (Phi) is 9.42. The molecule has 0 amide bonds. The molecule has 0 saturated carbocycles. The maximum absolute atomic E-state index is 13.4. The summed E-state index contributed by atoms with van der Waals surface area (Å²) in [6.45, 7) is 0. The quantitative estimate of drug-likeness (QED) is 0.100. The second-order valence-corrected chi connectivity index (χ2v) is 14.4. The Morgan fingerprint density at radius 1 is 0.519 bits per heavy atom. The highest BCUT2D eigenvalue weighted by Gasteiger charge is 2.22. The number of methoxy groups -OCH3 is 2. The van der Waals surface area contributed by atoms with Crippen LogP contribution in [0.3, 0.4) is 0 Å². The van der Waals surface area contributed by atoms with E-state index in [0.717, 1.165) is 0 Å². The SMILES string of the molecule is COc1cc(-c2cc(-c3cc(-c4ccc(O)c(OC)c4)nc(NS(=O)(=O)c4ccc(N)cc4)n3)nc(NS(=O)(=O)c3ccc(N)cc3)n2)ccc1O. The molecule has 0 bridgehead atoms. The van der Waals surface area contributed by atoms with Crippen molar-refractivity contribution in [2.75, 3.05) is 35.1 Å². The summed E-state index contributed by atoms with van der Waals surface area (Å²) in [5.41, 5.74) is 13.4. The van der Waals surface area contributed by atoms with E-state index < -0.39 is 20.0 Å². The first-order chi connectivity index (χ1) is 24.7. The number of nitrogens with two attached hydrogens (primary N) is 2. The molecule has 0 spiro atoms. The maximum Gasteiger partial charge on any atom is 0.264 e. The van der Waals surface area contributed by atoms with Gasteiger partial charge in [0, 0.05) is 22.5 Å². The highest BCUT2D eigenvalue weighted by Crippen LogP contribution is 2.35. The van der Waals surface area contributed by atoms with Crippen molar-refractivity contribution in [2.45, 2.75) is 9.79 Å². The van der Waals surface area contributed by atoms with E-state index in [0.29, 0.717) is 22.5 Å². The minimum absolute atomic E-state index is 0.0365. The predicted molar refractivity (Wildman–Crippen MR) is 194 cm³/mol. The molecule has 0 unspecified atom stereocenters. The lowest BCUT2D eigenvalue weighted by Gasteiger charge is -2.14. The van der Waals surface area contributed by atoms with Gasteiger partial charge in [0.25, 0.3) is 20.0 Å². The minimum atomic E-state index is -4.24. The number of phenols is 2. The fourth-order valence-corrected chi connectivity index (χ4v) is 6.76. The maximum atomic E-state index is 13.4. The number of aromatic nitrogens is 4. The molecule has 0 saturated heterocycles. The Morgan fingerprint density at radius 2 is 0.865 bits per heavy atom. The van der Waals surface area contributed by atoms with Crippen LogP contribution < -0.4 is 30.4 Å². The number of rotatable bonds is 11. The summed E-state index contributed by atoms with van der Waals surface area (Å²) in [5, 5.41) is 20.4. The molecule has 2 aromatic heterocycles. The van der Waals surface area contributed by atoms with E-state index in [4.69, 9.17) is 20.9 Å². The van der Waals surface area contributed by atoms with E-state index in [1.807, 2.05) is 0 Å². The Bertz CT molecular complexity index is 2340. The number of sulfonamides is 2. The summed E-state index contributed by atoms with van der Waals surface area (Å²) in [4.78, 5) is 17.5. The largest absolute Gasteiger partial charge is 0.504 e. The Hall–Kier alpha value is -6.66. The van der Waals surface area contributed by atoms with Crippen molar-refractivity contribution >= 4 is 43.3 Å². The van der Waals surface area contributed by atoms with Crippen LogP contribution in [0, 0.1) is 0 Å². The average Bonchev–Trinajstić information content (AvgIpc) is 3.11. The van der Waals surface area contributed by atoms with Crippen molar-refractivity contribution in [3.8, 4) is 56.9 Å². The first-order valence-electron chi connectivity index (χ1n) is 15.0. The van der Waals surface area contributed by atoms with E-state index in [9.17, 15) is 27.0 Å². The molecule has 4 aromatic carbocycles. The molecule has 266 valence electrons. The minimum Gasteiger partial charge on any atom is -0.504 e. The molecule has 6 rings (SSSR count). The van der Waals surface area contributed by atoms with Gasteiger partial charge in [-0.1, -0.05) is 0 Å². The van der Waals surface area contributed by atoms with Crippen LogP contribution in [0.2, 0.25) is 0 Å².